The summed E-state index contributed by atoms with van der Waals surface area (Å²) in [4.78, 5) is 4.67. The molecule has 7 rings (SSSR count). The molecule has 0 saturated carbocycles. The van der Waals surface area contributed by atoms with E-state index in [-0.39, 0.29) is 0 Å². The average molecular weight is 393 g/mol. The van der Waals surface area contributed by atoms with E-state index in [1.807, 2.05) is 12.3 Å². The summed E-state index contributed by atoms with van der Waals surface area (Å²) in [7, 11) is 0. The van der Waals surface area contributed by atoms with Gasteiger partial charge in [0.05, 0.1) is 5.52 Å². The second-order valence-electron chi connectivity index (χ2n) is 8.34. The first-order valence-corrected chi connectivity index (χ1v) is 10.8. The van der Waals surface area contributed by atoms with Gasteiger partial charge in [-0.1, -0.05) is 84.9 Å². The summed E-state index contributed by atoms with van der Waals surface area (Å²) in [5.74, 6) is 0. The van der Waals surface area contributed by atoms with Crippen molar-refractivity contribution in [3.63, 3.8) is 0 Å². The van der Waals surface area contributed by atoms with Crippen LogP contribution < -0.4 is 0 Å². The first-order valence-electron chi connectivity index (χ1n) is 10.8. The van der Waals surface area contributed by atoms with Crippen molar-refractivity contribution < 1.29 is 0 Å². The van der Waals surface area contributed by atoms with Gasteiger partial charge in [0.15, 0.2) is 0 Å². The van der Waals surface area contributed by atoms with E-state index in [0.717, 1.165) is 11.9 Å². The fourth-order valence-electron chi connectivity index (χ4n) is 5.33. The van der Waals surface area contributed by atoms with E-state index in [1.165, 1.54) is 60.0 Å². The molecule has 144 valence electrons. The third-order valence-corrected chi connectivity index (χ3v) is 6.74. The lowest BCUT2D eigenvalue weighted by atomic mass is 9.91. The Morgan fingerprint density at radius 2 is 1.26 bits per heavy atom. The Balaban J connectivity index is 1.51. The van der Waals surface area contributed by atoms with Crippen LogP contribution in [-0.4, -0.2) is 4.98 Å². The summed E-state index contributed by atoms with van der Waals surface area (Å²) < 4.78 is 0. The number of rotatable bonds is 1. The van der Waals surface area contributed by atoms with Crippen LogP contribution in [0.4, 0.5) is 0 Å². The molecule has 1 aromatic heterocycles. The highest BCUT2D eigenvalue weighted by molar-refractivity contribution is 6.25. The van der Waals surface area contributed by atoms with Crippen LogP contribution in [0.15, 0.2) is 103 Å². The predicted octanol–water partition coefficient (Wildman–Crippen LogP) is 7.68. The highest BCUT2D eigenvalue weighted by atomic mass is 14.7. The minimum Gasteiger partial charge on any atom is -0.256 e. The highest BCUT2D eigenvalue weighted by Gasteiger charge is 2.19. The number of hydrogen-bond donors (Lipinski definition) is 0. The summed E-state index contributed by atoms with van der Waals surface area (Å²) in [6.45, 7) is 0. The van der Waals surface area contributed by atoms with Gasteiger partial charge in [0.25, 0.3) is 0 Å². The maximum absolute atomic E-state index is 4.67. The van der Waals surface area contributed by atoms with Crippen LogP contribution in [0.3, 0.4) is 0 Å². The van der Waals surface area contributed by atoms with Gasteiger partial charge in [0, 0.05) is 11.6 Å². The van der Waals surface area contributed by atoms with E-state index in [9.17, 15) is 0 Å². The second kappa shape index (κ2) is 6.26. The number of hydrogen-bond acceptors (Lipinski definition) is 1. The maximum atomic E-state index is 4.67. The molecule has 0 amide bonds. The zero-order chi connectivity index (χ0) is 20.4. The van der Waals surface area contributed by atoms with Gasteiger partial charge < -0.3 is 0 Å². The Hall–Kier alpha value is -3.97. The molecule has 1 aliphatic carbocycles. The molecular formula is C30H19N. The Morgan fingerprint density at radius 3 is 2.00 bits per heavy atom. The van der Waals surface area contributed by atoms with Crippen LogP contribution >= 0.6 is 0 Å². The molecule has 6 aromatic rings. The van der Waals surface area contributed by atoms with Gasteiger partial charge in [-0.2, -0.15) is 0 Å². The molecule has 0 radical (unpaired) electrons. The van der Waals surface area contributed by atoms with E-state index in [0.29, 0.717) is 0 Å². The number of fused-ring (bicyclic) bond motifs is 9. The Morgan fingerprint density at radius 1 is 0.581 bits per heavy atom. The minimum absolute atomic E-state index is 0.940. The van der Waals surface area contributed by atoms with Crippen molar-refractivity contribution in [2.75, 3.05) is 0 Å². The molecule has 0 N–H and O–H groups in total. The molecule has 0 aliphatic heterocycles. The van der Waals surface area contributed by atoms with Gasteiger partial charge in [0.1, 0.15) is 0 Å². The predicted molar refractivity (Wildman–Crippen MR) is 131 cm³/mol. The minimum atomic E-state index is 0.940. The van der Waals surface area contributed by atoms with Gasteiger partial charge in [0.2, 0.25) is 0 Å². The molecule has 0 spiro atoms. The van der Waals surface area contributed by atoms with Crippen LogP contribution in [0, 0.1) is 0 Å². The molecule has 0 atom stereocenters. The number of benzene rings is 5. The summed E-state index contributed by atoms with van der Waals surface area (Å²) in [5.41, 5.74) is 6.39. The molecule has 1 nitrogen and oxygen atoms in total. The summed E-state index contributed by atoms with van der Waals surface area (Å²) in [6, 6.07) is 33.1. The van der Waals surface area contributed by atoms with Crippen LogP contribution in [0.25, 0.3) is 48.8 Å². The lowest BCUT2D eigenvalue weighted by Crippen LogP contribution is -1.91. The smallest absolute Gasteiger partial charge is 0.0743 e. The van der Waals surface area contributed by atoms with Gasteiger partial charge in [-0.05, 0) is 73.1 Å². The molecule has 0 fully saturated rings. The van der Waals surface area contributed by atoms with E-state index in [2.05, 4.69) is 96.0 Å². The van der Waals surface area contributed by atoms with Crippen molar-refractivity contribution in [1.82, 2.24) is 4.98 Å². The van der Waals surface area contributed by atoms with Crippen LogP contribution in [0.1, 0.15) is 16.7 Å². The van der Waals surface area contributed by atoms with Crippen LogP contribution in [0.2, 0.25) is 0 Å². The van der Waals surface area contributed by atoms with Crippen LogP contribution in [0.5, 0.6) is 0 Å². The molecule has 1 heterocycles. The normalized spacial score (nSPS) is 13.2. The number of aromatic nitrogens is 1. The van der Waals surface area contributed by atoms with Crippen molar-refractivity contribution in [3.8, 4) is 0 Å². The Kier molecular flexibility index (Phi) is 3.39. The third-order valence-electron chi connectivity index (χ3n) is 6.74. The summed E-state index contributed by atoms with van der Waals surface area (Å²) >= 11 is 0. The van der Waals surface area contributed by atoms with E-state index < -0.39 is 0 Å². The standard InChI is InChI=1S/C30H19N/c1-2-9-24-22(7-1)23-8-3-4-10-25(23)29-18-20(12-14-27(24)29)21-15-16-28-26(21)13-11-19-6-5-17-31-30(19)28/h1-15,17-18H,16H2. The highest BCUT2D eigenvalue weighted by Crippen LogP contribution is 2.40. The number of allylic oxidation sites excluding steroid dienone is 1. The van der Waals surface area contributed by atoms with E-state index in [1.54, 1.807) is 0 Å². The average Bonchev–Trinajstić information content (AvgIpc) is 3.29. The maximum Gasteiger partial charge on any atom is 0.0743 e. The van der Waals surface area contributed by atoms with Crippen LogP contribution in [-0.2, 0) is 6.42 Å². The first kappa shape index (κ1) is 16.8. The van der Waals surface area contributed by atoms with Crippen molar-refractivity contribution >= 4 is 48.8 Å². The lowest BCUT2D eigenvalue weighted by molar-refractivity contribution is 1.29. The molecule has 0 unspecified atom stereocenters. The largest absolute Gasteiger partial charge is 0.256 e. The summed E-state index contributed by atoms with van der Waals surface area (Å²) in [6.07, 6.45) is 5.20. The Bertz CT molecular complexity index is 1670. The molecule has 0 saturated heterocycles. The number of pyridine rings is 1. The van der Waals surface area contributed by atoms with Gasteiger partial charge >= 0.3 is 0 Å². The lowest BCUT2D eigenvalue weighted by Gasteiger charge is -2.13. The van der Waals surface area contributed by atoms with Gasteiger partial charge in [-0.25, -0.2) is 0 Å². The van der Waals surface area contributed by atoms with Crippen molar-refractivity contribution in [2.24, 2.45) is 0 Å². The van der Waals surface area contributed by atoms with Gasteiger partial charge in [-0.3, -0.25) is 4.98 Å². The monoisotopic (exact) mass is 393 g/mol. The van der Waals surface area contributed by atoms with Crippen molar-refractivity contribution in [2.45, 2.75) is 6.42 Å². The molecule has 0 bridgehead atoms. The van der Waals surface area contributed by atoms with Gasteiger partial charge in [-0.15, -0.1) is 0 Å². The Labute approximate surface area is 180 Å². The second-order valence-corrected chi connectivity index (χ2v) is 8.34. The third kappa shape index (κ3) is 2.35. The summed E-state index contributed by atoms with van der Waals surface area (Å²) in [5, 5.41) is 9.12. The topological polar surface area (TPSA) is 12.9 Å². The molecular weight excluding hydrogens is 374 g/mol. The van der Waals surface area contributed by atoms with E-state index >= 15 is 0 Å². The molecule has 1 heteroatoms. The zero-order valence-electron chi connectivity index (χ0n) is 17.0. The van der Waals surface area contributed by atoms with Crippen molar-refractivity contribution in [3.05, 3.63) is 120 Å². The quantitative estimate of drug-likeness (QED) is 0.261. The molecule has 5 aromatic carbocycles. The number of nitrogens with zero attached hydrogens (tertiary/aromatic N) is 1. The SMILES string of the molecule is C1=C(c2ccc3c4ccccc4c4ccccc4c3c2)c2ccc3cccnc3c2C1. The zero-order valence-corrected chi connectivity index (χ0v) is 17.0. The first-order chi connectivity index (χ1) is 15.4. The van der Waals surface area contributed by atoms with Crippen molar-refractivity contribution in [1.29, 1.82) is 0 Å². The van der Waals surface area contributed by atoms with E-state index in [4.69, 9.17) is 0 Å². The fraction of sp³-hybridized carbons (Fsp3) is 0.0333. The fourth-order valence-corrected chi connectivity index (χ4v) is 5.33. The molecule has 31 heavy (non-hydrogen) atoms. The molecule has 1 aliphatic rings.